The summed E-state index contributed by atoms with van der Waals surface area (Å²) < 4.78 is 0. The van der Waals surface area contributed by atoms with Gasteiger partial charge in [0.25, 0.3) is 0 Å². The molecular weight excluding hydrogens is 290 g/mol. The number of amides is 2. The highest BCUT2D eigenvalue weighted by molar-refractivity contribution is 5.90. The molecule has 3 N–H and O–H groups in total. The van der Waals surface area contributed by atoms with Crippen molar-refractivity contribution in [1.82, 2.24) is 5.32 Å². The first kappa shape index (κ1) is 17.6. The lowest BCUT2D eigenvalue weighted by Gasteiger charge is -2.28. The third-order valence-corrected chi connectivity index (χ3v) is 4.62. The predicted molar refractivity (Wildman–Crippen MR) is 95.0 cm³/mol. The molecular formula is C18H29N3O2. The Balaban J connectivity index is 1.88. The Hall–Kier alpha value is -1.75. The van der Waals surface area contributed by atoms with Crippen molar-refractivity contribution < 1.29 is 9.90 Å². The Morgan fingerprint density at radius 1 is 1.35 bits per heavy atom. The van der Waals surface area contributed by atoms with Crippen molar-refractivity contribution in [1.29, 1.82) is 0 Å². The van der Waals surface area contributed by atoms with Crippen molar-refractivity contribution in [2.75, 3.05) is 30.4 Å². The number of carbonyl (C=O) groups excluding carboxylic acids is 1. The number of hydrogen-bond acceptors (Lipinski definition) is 3. The normalized spacial score (nSPS) is 16.5. The van der Waals surface area contributed by atoms with E-state index in [4.69, 9.17) is 0 Å². The van der Waals surface area contributed by atoms with E-state index >= 15 is 0 Å². The second kappa shape index (κ2) is 7.68. The van der Waals surface area contributed by atoms with Crippen LogP contribution in [-0.4, -0.2) is 36.9 Å². The smallest absolute Gasteiger partial charge is 0.319 e. The molecule has 1 saturated carbocycles. The summed E-state index contributed by atoms with van der Waals surface area (Å²) in [5, 5.41) is 15.3. The molecule has 1 aromatic rings. The summed E-state index contributed by atoms with van der Waals surface area (Å²) in [5.41, 5.74) is 1.37. The standard InChI is InChI=1S/C18H29N3O2/c1-4-5-12-21(3)16-10-8-15(9-11-16)19-17(23)20-18(2,13-22)14-6-7-14/h8-11,14,22H,4-7,12-13H2,1-3H3,(H2,19,20,23). The maximum absolute atomic E-state index is 12.1. The highest BCUT2D eigenvalue weighted by Crippen LogP contribution is 2.39. The first-order valence-electron chi connectivity index (χ1n) is 8.49. The first-order valence-corrected chi connectivity index (χ1v) is 8.49. The fourth-order valence-corrected chi connectivity index (χ4v) is 2.74. The number of aliphatic hydroxyl groups is 1. The number of nitrogens with one attached hydrogen (secondary N) is 2. The molecule has 5 heteroatoms. The fourth-order valence-electron chi connectivity index (χ4n) is 2.74. The SMILES string of the molecule is CCCCN(C)c1ccc(NC(=O)NC(C)(CO)C2CC2)cc1. The van der Waals surface area contributed by atoms with Crippen LogP contribution in [0.1, 0.15) is 39.5 Å². The van der Waals surface area contributed by atoms with Gasteiger partial charge in [-0.2, -0.15) is 0 Å². The van der Waals surface area contributed by atoms with E-state index in [0.29, 0.717) is 5.92 Å². The number of carbonyl (C=O) groups is 1. The van der Waals surface area contributed by atoms with Crippen LogP contribution in [0.5, 0.6) is 0 Å². The molecule has 0 bridgehead atoms. The lowest BCUT2D eigenvalue weighted by Crippen LogP contribution is -2.52. The Labute approximate surface area is 139 Å². The zero-order valence-corrected chi connectivity index (χ0v) is 14.4. The molecule has 1 atom stereocenters. The summed E-state index contributed by atoms with van der Waals surface area (Å²) in [6.07, 6.45) is 4.47. The van der Waals surface area contributed by atoms with Crippen LogP contribution in [-0.2, 0) is 0 Å². The van der Waals surface area contributed by atoms with E-state index in [-0.39, 0.29) is 12.6 Å². The number of urea groups is 1. The number of anilines is 2. The minimum Gasteiger partial charge on any atom is -0.394 e. The number of aliphatic hydroxyl groups excluding tert-OH is 1. The van der Waals surface area contributed by atoms with Gasteiger partial charge in [-0.1, -0.05) is 13.3 Å². The zero-order valence-electron chi connectivity index (χ0n) is 14.4. The van der Waals surface area contributed by atoms with Gasteiger partial charge in [0, 0.05) is 25.0 Å². The van der Waals surface area contributed by atoms with Gasteiger partial charge in [-0.25, -0.2) is 4.79 Å². The average Bonchev–Trinajstić information content (AvgIpc) is 3.38. The third-order valence-electron chi connectivity index (χ3n) is 4.62. The van der Waals surface area contributed by atoms with Crippen LogP contribution in [0.4, 0.5) is 16.2 Å². The van der Waals surface area contributed by atoms with Crippen LogP contribution in [0.2, 0.25) is 0 Å². The van der Waals surface area contributed by atoms with Crippen LogP contribution in [0.15, 0.2) is 24.3 Å². The molecule has 1 aliphatic carbocycles. The highest BCUT2D eigenvalue weighted by Gasteiger charge is 2.42. The summed E-state index contributed by atoms with van der Waals surface area (Å²) >= 11 is 0. The predicted octanol–water partition coefficient (Wildman–Crippen LogP) is 3.21. The van der Waals surface area contributed by atoms with Gasteiger partial charge in [0.2, 0.25) is 0 Å². The summed E-state index contributed by atoms with van der Waals surface area (Å²) in [6.45, 7) is 5.07. The largest absolute Gasteiger partial charge is 0.394 e. The quantitative estimate of drug-likeness (QED) is 0.689. The number of unbranched alkanes of at least 4 members (excludes halogenated alkanes) is 1. The number of hydrogen-bond donors (Lipinski definition) is 3. The van der Waals surface area contributed by atoms with Gasteiger partial charge in [-0.15, -0.1) is 0 Å². The Morgan fingerprint density at radius 2 is 2.00 bits per heavy atom. The molecule has 1 fully saturated rings. The molecule has 0 heterocycles. The van der Waals surface area contributed by atoms with E-state index in [2.05, 4.69) is 29.5 Å². The second-order valence-electron chi connectivity index (χ2n) is 6.75. The second-order valence-corrected chi connectivity index (χ2v) is 6.75. The molecule has 23 heavy (non-hydrogen) atoms. The van der Waals surface area contributed by atoms with Gasteiger partial charge in [0.15, 0.2) is 0 Å². The molecule has 0 saturated heterocycles. The molecule has 2 amide bonds. The van der Waals surface area contributed by atoms with Gasteiger partial charge in [-0.05, 0) is 56.4 Å². The van der Waals surface area contributed by atoms with E-state index in [0.717, 1.165) is 30.8 Å². The highest BCUT2D eigenvalue weighted by atomic mass is 16.3. The zero-order chi connectivity index (χ0) is 16.9. The van der Waals surface area contributed by atoms with Gasteiger partial charge >= 0.3 is 6.03 Å². The average molecular weight is 319 g/mol. The van der Waals surface area contributed by atoms with Crippen molar-refractivity contribution >= 4 is 17.4 Å². The molecule has 1 unspecified atom stereocenters. The summed E-state index contributed by atoms with van der Waals surface area (Å²) in [6, 6.07) is 7.57. The van der Waals surface area contributed by atoms with Crippen molar-refractivity contribution in [3.05, 3.63) is 24.3 Å². The van der Waals surface area contributed by atoms with Gasteiger partial charge in [0.05, 0.1) is 12.1 Å². The van der Waals surface area contributed by atoms with Crippen LogP contribution in [0, 0.1) is 5.92 Å². The molecule has 128 valence electrons. The Kier molecular flexibility index (Phi) is 5.88. The Bertz CT molecular complexity index is 514. The molecule has 0 aliphatic heterocycles. The van der Waals surface area contributed by atoms with Gasteiger partial charge in [-0.3, -0.25) is 0 Å². The molecule has 1 aromatic carbocycles. The maximum atomic E-state index is 12.1. The van der Waals surface area contributed by atoms with E-state index in [1.54, 1.807) is 0 Å². The summed E-state index contributed by atoms with van der Waals surface area (Å²) in [5.74, 6) is 0.382. The topological polar surface area (TPSA) is 64.6 Å². The molecule has 2 rings (SSSR count). The molecule has 1 aliphatic rings. The van der Waals surface area contributed by atoms with E-state index in [1.807, 2.05) is 31.2 Å². The molecule has 0 radical (unpaired) electrons. The summed E-state index contributed by atoms with van der Waals surface area (Å²) in [4.78, 5) is 14.3. The fraction of sp³-hybridized carbons (Fsp3) is 0.611. The number of nitrogens with zero attached hydrogens (tertiary/aromatic N) is 1. The number of benzene rings is 1. The maximum Gasteiger partial charge on any atom is 0.319 e. The van der Waals surface area contributed by atoms with Crippen molar-refractivity contribution in [2.45, 2.75) is 45.1 Å². The molecule has 5 nitrogen and oxygen atoms in total. The lowest BCUT2D eigenvalue weighted by molar-refractivity contribution is 0.159. The number of rotatable bonds is 8. The minimum absolute atomic E-state index is 0.0355. The lowest BCUT2D eigenvalue weighted by atomic mass is 9.97. The van der Waals surface area contributed by atoms with Crippen LogP contribution in [0.3, 0.4) is 0 Å². The van der Waals surface area contributed by atoms with Crippen molar-refractivity contribution in [2.24, 2.45) is 5.92 Å². The van der Waals surface area contributed by atoms with Gasteiger partial charge < -0.3 is 20.6 Å². The first-order chi connectivity index (χ1) is 11.0. The monoisotopic (exact) mass is 319 g/mol. The van der Waals surface area contributed by atoms with Crippen molar-refractivity contribution in [3.63, 3.8) is 0 Å². The van der Waals surface area contributed by atoms with Crippen molar-refractivity contribution in [3.8, 4) is 0 Å². The molecule has 0 aromatic heterocycles. The van der Waals surface area contributed by atoms with E-state index < -0.39 is 5.54 Å². The van der Waals surface area contributed by atoms with E-state index in [1.165, 1.54) is 12.8 Å². The third kappa shape index (κ3) is 4.86. The van der Waals surface area contributed by atoms with Crippen LogP contribution >= 0.6 is 0 Å². The Morgan fingerprint density at radius 3 is 2.52 bits per heavy atom. The summed E-state index contributed by atoms with van der Waals surface area (Å²) in [7, 11) is 2.08. The molecule has 0 spiro atoms. The van der Waals surface area contributed by atoms with Crippen LogP contribution < -0.4 is 15.5 Å². The van der Waals surface area contributed by atoms with E-state index in [9.17, 15) is 9.90 Å². The van der Waals surface area contributed by atoms with Crippen LogP contribution in [0.25, 0.3) is 0 Å². The minimum atomic E-state index is -0.523. The van der Waals surface area contributed by atoms with Gasteiger partial charge in [0.1, 0.15) is 0 Å².